The van der Waals surface area contributed by atoms with Gasteiger partial charge in [-0.25, -0.2) is 0 Å². The molecule has 0 aliphatic heterocycles. The number of hydrogen-bond donors (Lipinski definition) is 0. The Morgan fingerprint density at radius 3 is 2.67 bits per heavy atom. The molecule has 7 heteroatoms. The SMILES string of the molecule is Cn1ncc2c3ccc(Br)cc3c(=O)n(COCC[Si](C)(C)C)c21. The van der Waals surface area contributed by atoms with Crippen LogP contribution in [0.2, 0.25) is 25.7 Å². The fraction of sp³-hybridized carbons (Fsp3) is 0.412. The summed E-state index contributed by atoms with van der Waals surface area (Å²) in [6, 6.07) is 6.85. The highest BCUT2D eigenvalue weighted by atomic mass is 79.9. The summed E-state index contributed by atoms with van der Waals surface area (Å²) in [7, 11) is 0.704. The first-order valence-electron chi connectivity index (χ1n) is 7.99. The Labute approximate surface area is 150 Å². The molecule has 0 saturated heterocycles. The van der Waals surface area contributed by atoms with Crippen molar-refractivity contribution in [1.82, 2.24) is 14.3 Å². The Hall–Kier alpha value is -1.44. The molecule has 2 heterocycles. The van der Waals surface area contributed by atoms with Crippen LogP contribution in [0.5, 0.6) is 0 Å². The van der Waals surface area contributed by atoms with Crippen molar-refractivity contribution in [3.05, 3.63) is 39.2 Å². The third-order valence-electron chi connectivity index (χ3n) is 4.13. The topological polar surface area (TPSA) is 49.0 Å². The van der Waals surface area contributed by atoms with Gasteiger partial charge in [0.25, 0.3) is 5.56 Å². The normalized spacial score (nSPS) is 12.4. The lowest BCUT2D eigenvalue weighted by Crippen LogP contribution is -2.26. The first-order valence-corrected chi connectivity index (χ1v) is 12.5. The highest BCUT2D eigenvalue weighted by Crippen LogP contribution is 2.25. The van der Waals surface area contributed by atoms with E-state index >= 15 is 0 Å². The van der Waals surface area contributed by atoms with Gasteiger partial charge in [-0.05, 0) is 23.6 Å². The number of rotatable bonds is 5. The summed E-state index contributed by atoms with van der Waals surface area (Å²) in [6.07, 6.45) is 1.81. The summed E-state index contributed by atoms with van der Waals surface area (Å²) in [5.41, 5.74) is 0.748. The van der Waals surface area contributed by atoms with E-state index in [1.807, 2.05) is 31.4 Å². The largest absolute Gasteiger partial charge is 0.361 e. The predicted molar refractivity (Wildman–Crippen MR) is 104 cm³/mol. The van der Waals surface area contributed by atoms with Crippen LogP contribution in [-0.2, 0) is 18.5 Å². The molecule has 0 unspecified atom stereocenters. The highest BCUT2D eigenvalue weighted by molar-refractivity contribution is 9.10. The van der Waals surface area contributed by atoms with Crippen LogP contribution in [0, 0.1) is 0 Å². The van der Waals surface area contributed by atoms with Gasteiger partial charge in [-0.1, -0.05) is 41.6 Å². The molecule has 128 valence electrons. The number of nitrogens with zero attached hydrogens (tertiary/aromatic N) is 3. The number of halogens is 1. The van der Waals surface area contributed by atoms with Gasteiger partial charge in [0.1, 0.15) is 12.4 Å². The fourth-order valence-corrected chi connectivity index (χ4v) is 3.88. The molecule has 0 spiro atoms. The second-order valence-corrected chi connectivity index (χ2v) is 13.8. The molecule has 3 aromatic rings. The molecule has 1 aromatic carbocycles. The smallest absolute Gasteiger partial charge is 0.262 e. The van der Waals surface area contributed by atoms with E-state index in [1.165, 1.54) is 0 Å². The first-order chi connectivity index (χ1) is 11.3. The van der Waals surface area contributed by atoms with Crippen LogP contribution in [0.4, 0.5) is 0 Å². The van der Waals surface area contributed by atoms with Crippen LogP contribution in [0.1, 0.15) is 0 Å². The zero-order chi connectivity index (χ0) is 17.5. The quantitative estimate of drug-likeness (QED) is 0.474. The van der Waals surface area contributed by atoms with E-state index < -0.39 is 8.07 Å². The third-order valence-corrected chi connectivity index (χ3v) is 6.32. The lowest BCUT2D eigenvalue weighted by molar-refractivity contribution is 0.0874. The van der Waals surface area contributed by atoms with Gasteiger partial charge >= 0.3 is 0 Å². The Morgan fingerprint density at radius 2 is 1.96 bits per heavy atom. The summed E-state index contributed by atoms with van der Waals surface area (Å²) in [6.45, 7) is 7.88. The molecule has 0 radical (unpaired) electrons. The first kappa shape index (κ1) is 17.4. The predicted octanol–water partition coefficient (Wildman–Crippen LogP) is 3.96. The molecule has 0 bridgehead atoms. The maximum absolute atomic E-state index is 13.0. The monoisotopic (exact) mass is 407 g/mol. The van der Waals surface area contributed by atoms with Gasteiger partial charge in [0.05, 0.1) is 6.20 Å². The van der Waals surface area contributed by atoms with Gasteiger partial charge in [-0.2, -0.15) is 5.10 Å². The van der Waals surface area contributed by atoms with Gasteiger partial charge in [-0.3, -0.25) is 14.0 Å². The molecule has 0 amide bonds. The summed E-state index contributed by atoms with van der Waals surface area (Å²) < 4.78 is 10.1. The zero-order valence-electron chi connectivity index (χ0n) is 14.5. The molecule has 24 heavy (non-hydrogen) atoms. The Balaban J connectivity index is 2.06. The van der Waals surface area contributed by atoms with Gasteiger partial charge in [-0.15, -0.1) is 0 Å². The van der Waals surface area contributed by atoms with E-state index in [0.29, 0.717) is 12.0 Å². The van der Waals surface area contributed by atoms with E-state index in [-0.39, 0.29) is 12.3 Å². The molecule has 0 aliphatic rings. The van der Waals surface area contributed by atoms with E-state index in [0.717, 1.165) is 26.9 Å². The second kappa shape index (κ2) is 6.46. The Kier molecular flexibility index (Phi) is 4.68. The maximum atomic E-state index is 13.0. The van der Waals surface area contributed by atoms with Crippen molar-refractivity contribution in [1.29, 1.82) is 0 Å². The van der Waals surface area contributed by atoms with E-state index in [1.54, 1.807) is 9.25 Å². The van der Waals surface area contributed by atoms with Crippen LogP contribution < -0.4 is 5.56 Å². The number of hydrogen-bond acceptors (Lipinski definition) is 3. The molecule has 0 saturated carbocycles. The van der Waals surface area contributed by atoms with Gasteiger partial charge in [0, 0.05) is 37.0 Å². The van der Waals surface area contributed by atoms with Gasteiger partial charge < -0.3 is 4.74 Å². The number of aromatic nitrogens is 3. The lowest BCUT2D eigenvalue weighted by atomic mass is 10.1. The minimum atomic E-state index is -1.15. The van der Waals surface area contributed by atoms with Crippen molar-refractivity contribution in [2.75, 3.05) is 6.61 Å². The molecule has 0 N–H and O–H groups in total. The number of benzene rings is 1. The molecule has 0 fully saturated rings. The molecule has 0 aliphatic carbocycles. The van der Waals surface area contributed by atoms with Crippen molar-refractivity contribution in [3.63, 3.8) is 0 Å². The number of fused-ring (bicyclic) bond motifs is 3. The lowest BCUT2D eigenvalue weighted by Gasteiger charge is -2.16. The minimum Gasteiger partial charge on any atom is -0.361 e. The van der Waals surface area contributed by atoms with Crippen molar-refractivity contribution < 1.29 is 4.74 Å². The number of pyridine rings is 1. The van der Waals surface area contributed by atoms with Crippen LogP contribution in [0.25, 0.3) is 21.8 Å². The van der Waals surface area contributed by atoms with E-state index in [9.17, 15) is 4.79 Å². The summed E-state index contributed by atoms with van der Waals surface area (Å²) in [5, 5.41) is 6.90. The molecule has 2 aromatic heterocycles. The molecule has 3 rings (SSSR count). The van der Waals surface area contributed by atoms with Crippen LogP contribution in [0.15, 0.2) is 33.7 Å². The van der Waals surface area contributed by atoms with E-state index in [2.05, 4.69) is 40.7 Å². The summed E-state index contributed by atoms with van der Waals surface area (Å²) >= 11 is 3.45. The highest BCUT2D eigenvalue weighted by Gasteiger charge is 2.16. The molecule has 0 atom stereocenters. The van der Waals surface area contributed by atoms with Crippen LogP contribution in [0.3, 0.4) is 0 Å². The van der Waals surface area contributed by atoms with Gasteiger partial charge in [0.2, 0.25) is 0 Å². The van der Waals surface area contributed by atoms with Crippen molar-refractivity contribution in [2.24, 2.45) is 7.05 Å². The van der Waals surface area contributed by atoms with E-state index in [4.69, 9.17) is 4.74 Å². The molecular formula is C17H22BrN3O2Si. The third kappa shape index (κ3) is 3.33. The average Bonchev–Trinajstić information content (AvgIpc) is 2.87. The summed E-state index contributed by atoms with van der Waals surface area (Å²) in [4.78, 5) is 13.0. The second-order valence-electron chi connectivity index (χ2n) is 7.28. The summed E-state index contributed by atoms with van der Waals surface area (Å²) in [5.74, 6) is 0. The standard InChI is InChI=1S/C17H22BrN3O2Si/c1-20-16-15(10-19-20)13-6-5-12(18)9-14(13)17(22)21(16)11-23-7-8-24(2,3)4/h5-6,9-10H,7-8,11H2,1-4H3. The van der Waals surface area contributed by atoms with Gasteiger partial charge in [0.15, 0.2) is 0 Å². The van der Waals surface area contributed by atoms with Crippen molar-refractivity contribution in [2.45, 2.75) is 32.4 Å². The molecule has 5 nitrogen and oxygen atoms in total. The van der Waals surface area contributed by atoms with Crippen molar-refractivity contribution in [3.8, 4) is 0 Å². The van der Waals surface area contributed by atoms with Crippen molar-refractivity contribution >= 4 is 45.8 Å². The maximum Gasteiger partial charge on any atom is 0.262 e. The zero-order valence-corrected chi connectivity index (χ0v) is 17.1. The Bertz CT molecular complexity index is 956. The van der Waals surface area contributed by atoms with Crippen LogP contribution in [-0.4, -0.2) is 29.0 Å². The Morgan fingerprint density at radius 1 is 1.21 bits per heavy atom. The number of ether oxygens (including phenoxy) is 1. The van der Waals surface area contributed by atoms with Crippen LogP contribution >= 0.6 is 15.9 Å². The average molecular weight is 408 g/mol. The molecular weight excluding hydrogens is 386 g/mol. The minimum absolute atomic E-state index is 0.0459. The number of aryl methyl sites for hydroxylation is 1. The fourth-order valence-electron chi connectivity index (χ4n) is 2.76.